The van der Waals surface area contributed by atoms with E-state index in [1.54, 1.807) is 42.5 Å². The van der Waals surface area contributed by atoms with Crippen molar-refractivity contribution in [1.82, 2.24) is 4.98 Å². The third kappa shape index (κ3) is 2.96. The number of hydrogen-bond acceptors (Lipinski definition) is 3. The highest BCUT2D eigenvalue weighted by atomic mass is 16.4. The highest BCUT2D eigenvalue weighted by Gasteiger charge is 2.11. The predicted molar refractivity (Wildman–Crippen MR) is 95.3 cm³/mol. The van der Waals surface area contributed by atoms with Crippen LogP contribution in [0.5, 0.6) is 5.75 Å². The lowest BCUT2D eigenvalue weighted by Gasteiger charge is -2.11. The van der Waals surface area contributed by atoms with Gasteiger partial charge in [0.25, 0.3) is 0 Å². The minimum absolute atomic E-state index is 0.219. The second-order valence-corrected chi connectivity index (χ2v) is 5.69. The van der Waals surface area contributed by atoms with Gasteiger partial charge in [0.05, 0.1) is 5.56 Å². The number of carboxylic acids is 1. The first-order chi connectivity index (χ1) is 11.5. The highest BCUT2D eigenvalue weighted by Crippen LogP contribution is 2.28. The van der Waals surface area contributed by atoms with Gasteiger partial charge in [0.2, 0.25) is 0 Å². The van der Waals surface area contributed by atoms with Crippen LogP contribution in [0.2, 0.25) is 0 Å². The number of aromatic carboxylic acids is 1. The van der Waals surface area contributed by atoms with Crippen molar-refractivity contribution in [2.24, 2.45) is 0 Å². The number of carbonyl (C=O) groups is 1. The number of phenolic OH excluding ortho intramolecular Hbond substituents is 1. The molecule has 0 amide bonds. The Hall–Kier alpha value is -3.21. The number of carboxylic acid groups (broad SMARTS) is 1. The zero-order valence-corrected chi connectivity index (χ0v) is 13.4. The van der Waals surface area contributed by atoms with Crippen LogP contribution in [-0.4, -0.2) is 21.2 Å². The smallest absolute Gasteiger partial charge is 0.335 e. The van der Waals surface area contributed by atoms with Crippen LogP contribution < -0.4 is 5.32 Å². The normalized spacial score (nSPS) is 12.1. The Kier molecular flexibility index (Phi) is 4.00. The highest BCUT2D eigenvalue weighted by molar-refractivity contribution is 5.98. The van der Waals surface area contributed by atoms with Gasteiger partial charge in [-0.2, -0.15) is 0 Å². The molecule has 3 aromatic rings. The molecule has 4 N–H and O–H groups in total. The van der Waals surface area contributed by atoms with E-state index in [1.165, 1.54) is 0 Å². The largest absolute Gasteiger partial charge is 0.508 e. The zero-order valence-electron chi connectivity index (χ0n) is 13.4. The van der Waals surface area contributed by atoms with Crippen molar-refractivity contribution in [3.8, 4) is 5.75 Å². The first-order valence-corrected chi connectivity index (χ1v) is 7.54. The van der Waals surface area contributed by atoms with Gasteiger partial charge in [-0.25, -0.2) is 4.79 Å². The number of phenols is 1. The molecule has 0 aliphatic heterocycles. The summed E-state index contributed by atoms with van der Waals surface area (Å²) in [6, 6.07) is 11.9. The Morgan fingerprint density at radius 1 is 1.08 bits per heavy atom. The van der Waals surface area contributed by atoms with Crippen LogP contribution in [-0.2, 0) is 0 Å². The number of H-pyrrole nitrogens is 1. The topological polar surface area (TPSA) is 85.4 Å². The SMILES string of the molecule is C/C(Nc1ccc(O)cc1)=C(/C)c1c[nH]c2ccc(C(=O)O)cc12. The molecule has 122 valence electrons. The molecule has 1 aromatic heterocycles. The van der Waals surface area contributed by atoms with Gasteiger partial charge in [-0.1, -0.05) is 0 Å². The Bertz CT molecular complexity index is 937. The third-order valence-corrected chi connectivity index (χ3v) is 4.09. The fraction of sp³-hybridized carbons (Fsp3) is 0.105. The van der Waals surface area contributed by atoms with Gasteiger partial charge in [-0.15, -0.1) is 0 Å². The summed E-state index contributed by atoms with van der Waals surface area (Å²) in [5.41, 5.74) is 4.94. The molecule has 1 heterocycles. The molecule has 0 aliphatic carbocycles. The lowest BCUT2D eigenvalue weighted by atomic mass is 10.0. The Morgan fingerprint density at radius 2 is 1.79 bits per heavy atom. The number of nitrogens with one attached hydrogen (secondary N) is 2. The minimum atomic E-state index is -0.940. The fourth-order valence-electron chi connectivity index (χ4n) is 2.62. The van der Waals surface area contributed by atoms with Crippen molar-refractivity contribution < 1.29 is 15.0 Å². The van der Waals surface area contributed by atoms with Gasteiger partial charge in [0, 0.05) is 34.0 Å². The van der Waals surface area contributed by atoms with Gasteiger partial charge in [-0.3, -0.25) is 0 Å². The van der Waals surface area contributed by atoms with E-state index < -0.39 is 5.97 Å². The van der Waals surface area contributed by atoms with Crippen LogP contribution in [0.15, 0.2) is 54.4 Å². The first-order valence-electron chi connectivity index (χ1n) is 7.54. The lowest BCUT2D eigenvalue weighted by Crippen LogP contribution is -1.98. The summed E-state index contributed by atoms with van der Waals surface area (Å²) in [6.07, 6.45) is 1.88. The van der Waals surface area contributed by atoms with Crippen LogP contribution in [0, 0.1) is 0 Å². The van der Waals surface area contributed by atoms with E-state index >= 15 is 0 Å². The molecule has 0 saturated carbocycles. The number of benzene rings is 2. The number of allylic oxidation sites excluding steroid dienone is 2. The van der Waals surface area contributed by atoms with Crippen molar-refractivity contribution >= 4 is 28.1 Å². The molecule has 24 heavy (non-hydrogen) atoms. The Morgan fingerprint density at radius 3 is 2.46 bits per heavy atom. The van der Waals surface area contributed by atoms with Crippen molar-refractivity contribution in [3.05, 3.63) is 65.5 Å². The maximum Gasteiger partial charge on any atom is 0.335 e. The van der Waals surface area contributed by atoms with E-state index in [0.29, 0.717) is 0 Å². The van der Waals surface area contributed by atoms with Crippen molar-refractivity contribution in [1.29, 1.82) is 0 Å². The second kappa shape index (κ2) is 6.12. The van der Waals surface area contributed by atoms with Crippen LogP contribution in [0.3, 0.4) is 0 Å². The van der Waals surface area contributed by atoms with E-state index in [4.69, 9.17) is 0 Å². The summed E-state index contributed by atoms with van der Waals surface area (Å²) in [5.74, 6) is -0.721. The summed E-state index contributed by atoms with van der Waals surface area (Å²) >= 11 is 0. The standard InChI is InChI=1S/C19H18N2O3/c1-11(12(2)21-14-4-6-15(22)7-5-14)17-10-20-18-8-3-13(19(23)24)9-16(17)18/h3-10,20-22H,1-2H3,(H,23,24)/b12-11+. The van der Waals surface area contributed by atoms with Crippen LogP contribution in [0.1, 0.15) is 29.8 Å². The summed E-state index contributed by atoms with van der Waals surface area (Å²) < 4.78 is 0. The van der Waals surface area contributed by atoms with Gasteiger partial charge in [-0.05, 0) is 61.9 Å². The molecule has 0 aliphatic rings. The molecule has 0 fully saturated rings. The molecule has 0 bridgehead atoms. The van der Waals surface area contributed by atoms with Crippen LogP contribution in [0.25, 0.3) is 16.5 Å². The van der Waals surface area contributed by atoms with Crippen molar-refractivity contribution in [2.75, 3.05) is 5.32 Å². The summed E-state index contributed by atoms with van der Waals surface area (Å²) in [5, 5.41) is 22.7. The predicted octanol–water partition coefficient (Wildman–Crippen LogP) is 4.43. The van der Waals surface area contributed by atoms with E-state index in [1.807, 2.05) is 20.0 Å². The van der Waals surface area contributed by atoms with E-state index in [0.717, 1.165) is 33.4 Å². The number of aromatic hydroxyl groups is 1. The summed E-state index contributed by atoms with van der Waals surface area (Å²) in [6.45, 7) is 3.95. The molecular formula is C19H18N2O3. The molecule has 0 spiro atoms. The van der Waals surface area contributed by atoms with Gasteiger partial charge < -0.3 is 20.5 Å². The number of hydrogen-bond donors (Lipinski definition) is 4. The maximum atomic E-state index is 11.2. The van der Waals surface area contributed by atoms with Crippen molar-refractivity contribution in [3.63, 3.8) is 0 Å². The average Bonchev–Trinajstić information content (AvgIpc) is 2.99. The Labute approximate surface area is 139 Å². The number of aromatic nitrogens is 1. The molecule has 5 heteroatoms. The average molecular weight is 322 g/mol. The van der Waals surface area contributed by atoms with Crippen LogP contribution in [0.4, 0.5) is 5.69 Å². The monoisotopic (exact) mass is 322 g/mol. The zero-order chi connectivity index (χ0) is 17.3. The van der Waals surface area contributed by atoms with Crippen LogP contribution >= 0.6 is 0 Å². The molecule has 0 radical (unpaired) electrons. The quantitative estimate of drug-likeness (QED) is 0.535. The van der Waals surface area contributed by atoms with Crippen molar-refractivity contribution in [2.45, 2.75) is 13.8 Å². The minimum Gasteiger partial charge on any atom is -0.508 e. The molecule has 3 rings (SSSR count). The lowest BCUT2D eigenvalue weighted by molar-refractivity contribution is 0.0697. The van der Waals surface area contributed by atoms with Gasteiger partial charge in [0.1, 0.15) is 5.75 Å². The number of fused-ring (bicyclic) bond motifs is 1. The maximum absolute atomic E-state index is 11.2. The van der Waals surface area contributed by atoms with E-state index in [9.17, 15) is 15.0 Å². The molecule has 2 aromatic carbocycles. The van der Waals surface area contributed by atoms with E-state index in [-0.39, 0.29) is 11.3 Å². The second-order valence-electron chi connectivity index (χ2n) is 5.69. The fourth-order valence-corrected chi connectivity index (χ4v) is 2.62. The molecule has 5 nitrogen and oxygen atoms in total. The summed E-state index contributed by atoms with van der Waals surface area (Å²) in [7, 11) is 0. The van der Waals surface area contributed by atoms with Gasteiger partial charge in [0.15, 0.2) is 0 Å². The molecule has 0 atom stereocenters. The van der Waals surface area contributed by atoms with Gasteiger partial charge >= 0.3 is 5.97 Å². The first kappa shape index (κ1) is 15.7. The van der Waals surface area contributed by atoms with E-state index in [2.05, 4.69) is 10.3 Å². The summed E-state index contributed by atoms with van der Waals surface area (Å²) in [4.78, 5) is 14.4. The number of aromatic amines is 1. The molecule has 0 unspecified atom stereocenters. The number of rotatable bonds is 4. The Balaban J connectivity index is 1.99. The molecule has 0 saturated heterocycles. The number of anilines is 1. The third-order valence-electron chi connectivity index (χ3n) is 4.09. The molecular weight excluding hydrogens is 304 g/mol.